The molecule has 19 heavy (non-hydrogen) atoms. The molecule has 102 valence electrons. The molecule has 2 aromatic heterocycles. The first-order chi connectivity index (χ1) is 9.29. The van der Waals surface area contributed by atoms with E-state index in [1.54, 1.807) is 0 Å². The fourth-order valence-corrected chi connectivity index (χ4v) is 3.02. The molecule has 6 nitrogen and oxygen atoms in total. The molecule has 0 bridgehead atoms. The third-order valence-corrected chi connectivity index (χ3v) is 4.16. The lowest BCUT2D eigenvalue weighted by molar-refractivity contribution is 0.597. The van der Waals surface area contributed by atoms with Crippen LogP contribution in [0.4, 0.5) is 5.82 Å². The quantitative estimate of drug-likeness (QED) is 0.866. The number of fused-ring (bicyclic) bond motifs is 1. The van der Waals surface area contributed by atoms with E-state index in [2.05, 4.69) is 36.1 Å². The molecule has 2 aromatic rings. The highest BCUT2D eigenvalue weighted by Crippen LogP contribution is 2.26. The van der Waals surface area contributed by atoms with Gasteiger partial charge < -0.3 is 4.90 Å². The highest BCUT2D eigenvalue weighted by atomic mass is 79.9. The molecule has 1 saturated heterocycles. The van der Waals surface area contributed by atoms with Crippen LogP contribution in [-0.2, 0) is 0 Å². The Kier molecular flexibility index (Phi) is 3.54. The zero-order valence-corrected chi connectivity index (χ0v) is 12.1. The van der Waals surface area contributed by atoms with E-state index in [1.165, 1.54) is 17.4 Å². The fourth-order valence-electron chi connectivity index (χ4n) is 2.70. The number of hydrogen-bond donors (Lipinski definition) is 1. The van der Waals surface area contributed by atoms with E-state index in [1.807, 2.05) is 12.1 Å². The van der Waals surface area contributed by atoms with Crippen LogP contribution in [0.1, 0.15) is 25.7 Å². The van der Waals surface area contributed by atoms with Crippen LogP contribution in [0, 0.1) is 0 Å². The second kappa shape index (κ2) is 5.32. The first-order valence-corrected chi connectivity index (χ1v) is 7.69. The zero-order valence-electron chi connectivity index (χ0n) is 10.5. The lowest BCUT2D eigenvalue weighted by Crippen LogP contribution is -2.31. The molecule has 7 heteroatoms. The second-order valence-corrected chi connectivity index (χ2v) is 5.60. The van der Waals surface area contributed by atoms with Crippen molar-refractivity contribution in [3.05, 3.63) is 22.6 Å². The van der Waals surface area contributed by atoms with Crippen molar-refractivity contribution in [2.75, 3.05) is 16.8 Å². The Labute approximate surface area is 118 Å². The molecule has 1 atom stereocenters. The minimum atomic E-state index is -0.284. The Morgan fingerprint density at radius 2 is 2.37 bits per heavy atom. The van der Waals surface area contributed by atoms with Gasteiger partial charge in [0, 0.05) is 17.9 Å². The standard InChI is InChI=1S/C12H16BrN5O/c13-7-1-3-9-4-2-8-17(9)11-6-5-10-14-15-12(19)18(10)16-11/h5-6,9H,1-4,7-8H2,(H,15,19). The number of aromatic amines is 1. The van der Waals surface area contributed by atoms with Crippen molar-refractivity contribution in [3.8, 4) is 0 Å². The van der Waals surface area contributed by atoms with Crippen LogP contribution in [0.15, 0.2) is 16.9 Å². The van der Waals surface area contributed by atoms with Crippen LogP contribution in [0.25, 0.3) is 5.65 Å². The number of anilines is 1. The Morgan fingerprint density at radius 1 is 1.47 bits per heavy atom. The Hall–Kier alpha value is -1.37. The third kappa shape index (κ3) is 2.39. The van der Waals surface area contributed by atoms with Crippen LogP contribution in [0.2, 0.25) is 0 Å². The van der Waals surface area contributed by atoms with Gasteiger partial charge >= 0.3 is 5.69 Å². The second-order valence-electron chi connectivity index (χ2n) is 4.81. The van der Waals surface area contributed by atoms with Gasteiger partial charge in [-0.05, 0) is 37.8 Å². The van der Waals surface area contributed by atoms with E-state index in [0.29, 0.717) is 11.7 Å². The Balaban J connectivity index is 1.89. The molecule has 1 N–H and O–H groups in total. The Morgan fingerprint density at radius 3 is 3.21 bits per heavy atom. The molecule has 0 aromatic carbocycles. The number of rotatable bonds is 4. The topological polar surface area (TPSA) is 66.3 Å². The maximum absolute atomic E-state index is 11.6. The zero-order chi connectivity index (χ0) is 13.2. The average molecular weight is 326 g/mol. The van der Waals surface area contributed by atoms with Crippen LogP contribution in [-0.4, -0.2) is 37.7 Å². The summed E-state index contributed by atoms with van der Waals surface area (Å²) in [7, 11) is 0. The van der Waals surface area contributed by atoms with E-state index in [4.69, 9.17) is 0 Å². The summed E-state index contributed by atoms with van der Waals surface area (Å²) in [4.78, 5) is 13.9. The predicted octanol–water partition coefficient (Wildman–Crippen LogP) is 1.56. The van der Waals surface area contributed by atoms with E-state index >= 15 is 0 Å². The molecule has 0 amide bonds. The van der Waals surface area contributed by atoms with Gasteiger partial charge in [-0.15, -0.1) is 5.10 Å². The molecule has 0 saturated carbocycles. The van der Waals surface area contributed by atoms with Gasteiger partial charge in [-0.1, -0.05) is 15.9 Å². The highest BCUT2D eigenvalue weighted by Gasteiger charge is 2.25. The summed E-state index contributed by atoms with van der Waals surface area (Å²) in [5.74, 6) is 0.869. The molecule has 0 spiro atoms. The van der Waals surface area contributed by atoms with E-state index in [0.717, 1.165) is 30.5 Å². The summed E-state index contributed by atoms with van der Waals surface area (Å²) >= 11 is 3.48. The summed E-state index contributed by atoms with van der Waals surface area (Å²) in [5.41, 5.74) is 0.276. The van der Waals surface area contributed by atoms with Crippen molar-refractivity contribution >= 4 is 27.4 Å². The number of nitrogens with one attached hydrogen (secondary N) is 1. The molecule has 0 aliphatic carbocycles. The number of halogens is 1. The Bertz CT molecular complexity index is 622. The smallest absolute Gasteiger partial charge is 0.352 e. The summed E-state index contributed by atoms with van der Waals surface area (Å²) in [6, 6.07) is 4.31. The van der Waals surface area contributed by atoms with Crippen molar-refractivity contribution < 1.29 is 0 Å². The first-order valence-electron chi connectivity index (χ1n) is 6.56. The van der Waals surface area contributed by atoms with Gasteiger partial charge in [0.1, 0.15) is 5.82 Å². The van der Waals surface area contributed by atoms with Gasteiger partial charge in [-0.3, -0.25) is 0 Å². The van der Waals surface area contributed by atoms with Crippen molar-refractivity contribution in [2.45, 2.75) is 31.7 Å². The van der Waals surface area contributed by atoms with E-state index in [-0.39, 0.29) is 5.69 Å². The van der Waals surface area contributed by atoms with Gasteiger partial charge in [0.15, 0.2) is 5.65 Å². The molecule has 1 aliphatic rings. The number of H-pyrrole nitrogens is 1. The predicted molar refractivity (Wildman–Crippen MR) is 77.0 cm³/mol. The highest BCUT2D eigenvalue weighted by molar-refractivity contribution is 9.09. The van der Waals surface area contributed by atoms with E-state index in [9.17, 15) is 4.79 Å². The van der Waals surface area contributed by atoms with Gasteiger partial charge in [0.05, 0.1) is 0 Å². The monoisotopic (exact) mass is 325 g/mol. The van der Waals surface area contributed by atoms with Crippen molar-refractivity contribution in [3.63, 3.8) is 0 Å². The van der Waals surface area contributed by atoms with Crippen LogP contribution < -0.4 is 10.6 Å². The van der Waals surface area contributed by atoms with Gasteiger partial charge in [-0.2, -0.15) is 9.61 Å². The maximum atomic E-state index is 11.6. The first kappa shape index (κ1) is 12.7. The van der Waals surface area contributed by atoms with Crippen molar-refractivity contribution in [1.29, 1.82) is 0 Å². The number of alkyl halides is 1. The molecule has 1 aliphatic heterocycles. The third-order valence-electron chi connectivity index (χ3n) is 3.60. The summed E-state index contributed by atoms with van der Waals surface area (Å²) < 4.78 is 1.33. The fraction of sp³-hybridized carbons (Fsp3) is 0.583. The van der Waals surface area contributed by atoms with Crippen LogP contribution >= 0.6 is 15.9 Å². The molecule has 3 rings (SSSR count). The molecular weight excluding hydrogens is 310 g/mol. The van der Waals surface area contributed by atoms with Crippen molar-refractivity contribution in [1.82, 2.24) is 19.8 Å². The molecular formula is C12H16BrN5O. The number of hydrogen-bond acceptors (Lipinski definition) is 4. The minimum absolute atomic E-state index is 0.284. The van der Waals surface area contributed by atoms with Crippen LogP contribution in [0.5, 0.6) is 0 Å². The normalized spacial score (nSPS) is 19.4. The summed E-state index contributed by atoms with van der Waals surface area (Å²) in [6.45, 7) is 1.01. The van der Waals surface area contributed by atoms with Crippen LogP contribution in [0.3, 0.4) is 0 Å². The largest absolute Gasteiger partial charge is 0.364 e. The lowest BCUT2D eigenvalue weighted by Gasteiger charge is -2.25. The minimum Gasteiger partial charge on any atom is -0.352 e. The molecule has 1 fully saturated rings. The van der Waals surface area contributed by atoms with Gasteiger partial charge in [0.25, 0.3) is 0 Å². The molecule has 1 unspecified atom stereocenters. The van der Waals surface area contributed by atoms with E-state index < -0.39 is 0 Å². The lowest BCUT2D eigenvalue weighted by atomic mass is 10.1. The molecule has 0 radical (unpaired) electrons. The summed E-state index contributed by atoms with van der Waals surface area (Å²) in [5, 5.41) is 11.7. The van der Waals surface area contributed by atoms with Gasteiger partial charge in [-0.25, -0.2) is 9.89 Å². The van der Waals surface area contributed by atoms with Gasteiger partial charge in [0.2, 0.25) is 0 Å². The molecule has 3 heterocycles. The average Bonchev–Trinajstić information content (AvgIpc) is 3.03. The van der Waals surface area contributed by atoms with Crippen molar-refractivity contribution in [2.24, 2.45) is 0 Å². The number of nitrogens with zero attached hydrogens (tertiary/aromatic N) is 4. The SMILES string of the molecule is O=c1[nH]nc2ccc(N3CCCC3CCCBr)nn12. The summed E-state index contributed by atoms with van der Waals surface area (Å²) in [6.07, 6.45) is 4.71. The number of aromatic nitrogens is 4. The maximum Gasteiger partial charge on any atom is 0.364 e.